The molecule has 8 aromatic carbocycles. The summed E-state index contributed by atoms with van der Waals surface area (Å²) in [6, 6.07) is 65.0. The van der Waals surface area contributed by atoms with Crippen LogP contribution in [-0.2, 0) is 5.41 Å². The molecule has 2 heterocycles. The number of hydrogen-bond acceptors (Lipinski definition) is 2. The molecule has 0 bridgehead atoms. The van der Waals surface area contributed by atoms with E-state index in [2.05, 4.69) is 175 Å². The fourth-order valence-electron chi connectivity index (χ4n) is 9.58. The molecule has 0 amide bonds. The molecule has 0 saturated heterocycles. The van der Waals surface area contributed by atoms with E-state index in [1.807, 2.05) is 12.3 Å². The predicted octanol–water partition coefficient (Wildman–Crippen LogP) is 12.8. The first-order valence-electron chi connectivity index (χ1n) is 18.3. The highest BCUT2D eigenvalue weighted by atomic mass is 14.7. The van der Waals surface area contributed by atoms with Crippen LogP contribution in [0.25, 0.3) is 88.0 Å². The second kappa shape index (κ2) is 10.6. The van der Waals surface area contributed by atoms with E-state index in [1.165, 1.54) is 77.2 Å². The average Bonchev–Trinajstić information content (AvgIpc) is 3.69. The van der Waals surface area contributed by atoms with Gasteiger partial charge in [0.1, 0.15) is 0 Å². The Kier molecular flexibility index (Phi) is 5.73. The van der Waals surface area contributed by atoms with Crippen molar-refractivity contribution in [2.75, 3.05) is 0 Å². The molecule has 2 heteroatoms. The highest BCUT2D eigenvalue weighted by molar-refractivity contribution is 6.07. The van der Waals surface area contributed by atoms with E-state index >= 15 is 0 Å². The van der Waals surface area contributed by atoms with Gasteiger partial charge in [0.15, 0.2) is 0 Å². The molecule has 0 N–H and O–H groups in total. The second-order valence-electron chi connectivity index (χ2n) is 14.5. The molecule has 2 aliphatic carbocycles. The maximum absolute atomic E-state index is 5.15. The predicted molar refractivity (Wildman–Crippen MR) is 219 cm³/mol. The molecule has 12 rings (SSSR count). The molecule has 0 saturated carbocycles. The van der Waals surface area contributed by atoms with Crippen molar-refractivity contribution in [2.45, 2.75) is 5.41 Å². The van der Waals surface area contributed by atoms with Gasteiger partial charge in [0.2, 0.25) is 0 Å². The fraction of sp³-hybridized carbons (Fsp3) is 0.0196. The number of aromatic nitrogens is 2. The van der Waals surface area contributed by atoms with Gasteiger partial charge in [-0.3, -0.25) is 4.98 Å². The lowest BCUT2D eigenvalue weighted by Gasteiger charge is -2.31. The number of rotatable bonds is 2. The Morgan fingerprint density at radius 3 is 1.85 bits per heavy atom. The molecule has 244 valence electrons. The maximum atomic E-state index is 5.15. The topological polar surface area (TPSA) is 25.8 Å². The zero-order valence-corrected chi connectivity index (χ0v) is 28.7. The Balaban J connectivity index is 1.06. The lowest BCUT2D eigenvalue weighted by molar-refractivity contribution is 0.802. The molecule has 2 aliphatic rings. The summed E-state index contributed by atoms with van der Waals surface area (Å²) in [6.07, 6.45) is 1.85. The molecule has 0 atom stereocenters. The fourth-order valence-corrected chi connectivity index (χ4v) is 9.58. The van der Waals surface area contributed by atoms with Gasteiger partial charge in [0.25, 0.3) is 0 Å². The molecule has 2 nitrogen and oxygen atoms in total. The molecule has 0 fully saturated rings. The Bertz CT molecular complexity index is 3140. The van der Waals surface area contributed by atoms with Gasteiger partial charge >= 0.3 is 0 Å². The third kappa shape index (κ3) is 3.87. The zero-order chi connectivity index (χ0) is 34.7. The Hall–Kier alpha value is -6.90. The second-order valence-corrected chi connectivity index (χ2v) is 14.5. The number of pyridine rings is 2. The van der Waals surface area contributed by atoms with Crippen LogP contribution in [0.3, 0.4) is 0 Å². The molecule has 2 aromatic heterocycles. The van der Waals surface area contributed by atoms with Gasteiger partial charge in [0, 0.05) is 22.5 Å². The summed E-state index contributed by atoms with van der Waals surface area (Å²) in [6.45, 7) is 0. The largest absolute Gasteiger partial charge is 0.254 e. The minimum absolute atomic E-state index is 0.413. The summed E-state index contributed by atoms with van der Waals surface area (Å²) in [5, 5.41) is 7.28. The molecule has 0 radical (unpaired) electrons. The third-order valence-corrected chi connectivity index (χ3v) is 11.9. The number of hydrogen-bond donors (Lipinski definition) is 0. The molecular weight excluding hydrogens is 641 g/mol. The van der Waals surface area contributed by atoms with E-state index < -0.39 is 5.41 Å². The van der Waals surface area contributed by atoms with E-state index in [9.17, 15) is 0 Å². The van der Waals surface area contributed by atoms with Gasteiger partial charge in [0.05, 0.1) is 22.1 Å². The summed E-state index contributed by atoms with van der Waals surface area (Å²) < 4.78 is 0. The Morgan fingerprint density at radius 1 is 0.358 bits per heavy atom. The quantitative estimate of drug-likeness (QED) is 0.171. The van der Waals surface area contributed by atoms with E-state index in [4.69, 9.17) is 4.98 Å². The lowest BCUT2D eigenvalue weighted by Crippen LogP contribution is -2.26. The highest BCUT2D eigenvalue weighted by Gasteiger charge is 2.52. The molecule has 53 heavy (non-hydrogen) atoms. The van der Waals surface area contributed by atoms with Crippen molar-refractivity contribution in [3.8, 4) is 44.6 Å². The monoisotopic (exact) mass is 670 g/mol. The first kappa shape index (κ1) is 28.8. The normalized spacial score (nSPS) is 13.4. The average molecular weight is 671 g/mol. The third-order valence-electron chi connectivity index (χ3n) is 11.9. The van der Waals surface area contributed by atoms with Crippen molar-refractivity contribution in [1.29, 1.82) is 0 Å². The Morgan fingerprint density at radius 2 is 1.02 bits per heavy atom. The van der Waals surface area contributed by atoms with Crippen molar-refractivity contribution >= 4 is 43.4 Å². The smallest absolute Gasteiger partial charge is 0.0972 e. The molecule has 0 aliphatic heterocycles. The highest BCUT2D eigenvalue weighted by Crippen LogP contribution is 2.64. The van der Waals surface area contributed by atoms with Crippen LogP contribution in [0.4, 0.5) is 0 Å². The van der Waals surface area contributed by atoms with Crippen LogP contribution >= 0.6 is 0 Å². The summed E-state index contributed by atoms with van der Waals surface area (Å²) in [5.74, 6) is 0. The summed E-state index contributed by atoms with van der Waals surface area (Å²) in [5.41, 5.74) is 16.7. The van der Waals surface area contributed by atoms with Gasteiger partial charge in [-0.05, 0) is 114 Å². The van der Waals surface area contributed by atoms with Crippen molar-refractivity contribution in [3.05, 3.63) is 204 Å². The van der Waals surface area contributed by atoms with Gasteiger partial charge < -0.3 is 0 Å². The first-order valence-corrected chi connectivity index (χ1v) is 18.3. The van der Waals surface area contributed by atoms with Crippen LogP contribution in [0.15, 0.2) is 182 Å². The van der Waals surface area contributed by atoms with Crippen LogP contribution < -0.4 is 0 Å². The van der Waals surface area contributed by atoms with Crippen molar-refractivity contribution in [2.24, 2.45) is 0 Å². The zero-order valence-electron chi connectivity index (χ0n) is 28.7. The van der Waals surface area contributed by atoms with Crippen LogP contribution in [0, 0.1) is 0 Å². The minimum Gasteiger partial charge on any atom is -0.254 e. The van der Waals surface area contributed by atoms with Crippen LogP contribution in [0.1, 0.15) is 22.3 Å². The molecule has 1 spiro atoms. The van der Waals surface area contributed by atoms with E-state index in [1.54, 1.807) is 0 Å². The van der Waals surface area contributed by atoms with E-state index in [-0.39, 0.29) is 0 Å². The number of benzene rings is 8. The standard InChI is InChI=1S/C51H30N2/c1-2-10-35-30-46-43(29-34(35)9-1)42-24-21-37-27-36(20-23-39(37)48(42)51(46)44-16-5-3-14-40(44)41-15-4-6-17-45(41)51)33-11-7-12-38(28-33)47-25-22-32-19-18-31-13-8-26-52-49(31)50(32)53-47/h1-30H. The molecular formula is C51H30N2. The number of nitrogens with zero attached hydrogens (tertiary/aromatic N) is 2. The van der Waals surface area contributed by atoms with Crippen molar-refractivity contribution < 1.29 is 0 Å². The number of fused-ring (bicyclic) bond motifs is 16. The molecule has 0 unspecified atom stereocenters. The van der Waals surface area contributed by atoms with Gasteiger partial charge in [-0.2, -0.15) is 0 Å². The van der Waals surface area contributed by atoms with Crippen LogP contribution in [-0.4, -0.2) is 9.97 Å². The molecule has 10 aromatic rings. The lowest BCUT2D eigenvalue weighted by atomic mass is 9.69. The van der Waals surface area contributed by atoms with Gasteiger partial charge in [-0.25, -0.2) is 4.98 Å². The first-order chi connectivity index (χ1) is 26.3. The SMILES string of the molecule is c1cc(-c2ccc3c4c(ccc3c2)-c2cc3ccccc3cc2C42c3ccccc3-c3ccccc32)cc(-c2ccc3ccc4cccnc4c3n2)c1. The summed E-state index contributed by atoms with van der Waals surface area (Å²) in [7, 11) is 0. The summed E-state index contributed by atoms with van der Waals surface area (Å²) >= 11 is 0. The van der Waals surface area contributed by atoms with Crippen LogP contribution in [0.5, 0.6) is 0 Å². The van der Waals surface area contributed by atoms with E-state index in [0.717, 1.165) is 33.1 Å². The van der Waals surface area contributed by atoms with E-state index in [0.29, 0.717) is 0 Å². The van der Waals surface area contributed by atoms with Gasteiger partial charge in [-0.15, -0.1) is 0 Å². The Labute approximate surface area is 306 Å². The maximum Gasteiger partial charge on any atom is 0.0972 e. The van der Waals surface area contributed by atoms with Crippen molar-refractivity contribution in [1.82, 2.24) is 9.97 Å². The van der Waals surface area contributed by atoms with Crippen LogP contribution in [0.2, 0.25) is 0 Å². The summed E-state index contributed by atoms with van der Waals surface area (Å²) in [4.78, 5) is 9.83. The van der Waals surface area contributed by atoms with Crippen molar-refractivity contribution in [3.63, 3.8) is 0 Å². The van der Waals surface area contributed by atoms with Gasteiger partial charge in [-0.1, -0.05) is 140 Å². The minimum atomic E-state index is -0.413.